The summed E-state index contributed by atoms with van der Waals surface area (Å²) in [6.07, 6.45) is -0.719. The first-order chi connectivity index (χ1) is 13.1. The summed E-state index contributed by atoms with van der Waals surface area (Å²) in [5.41, 5.74) is 0.781. The van der Waals surface area contributed by atoms with Gasteiger partial charge in [-0.25, -0.2) is 0 Å². The normalized spacial score (nSPS) is 15.4. The Labute approximate surface area is 160 Å². The van der Waals surface area contributed by atoms with E-state index in [2.05, 4.69) is 10.1 Å². The lowest BCUT2D eigenvalue weighted by Gasteiger charge is -2.28. The highest BCUT2D eigenvalue weighted by Gasteiger charge is 2.30. The molecule has 3 aromatic rings. The summed E-state index contributed by atoms with van der Waals surface area (Å²) in [5, 5.41) is 4.58. The van der Waals surface area contributed by atoms with E-state index in [-0.39, 0.29) is 19.1 Å². The average molecular weight is 386 g/mol. The van der Waals surface area contributed by atoms with Crippen molar-refractivity contribution in [1.82, 2.24) is 15.0 Å². The van der Waals surface area contributed by atoms with Crippen LogP contribution >= 0.6 is 11.6 Å². The number of hydrogen-bond acceptors (Lipinski definition) is 6. The van der Waals surface area contributed by atoms with Gasteiger partial charge >= 0.3 is 0 Å². The predicted molar refractivity (Wildman–Crippen MR) is 97.6 cm³/mol. The number of rotatable bonds is 4. The molecular formula is C19H16ClN3O4. The zero-order chi connectivity index (χ0) is 18.8. The van der Waals surface area contributed by atoms with Crippen LogP contribution in [0.25, 0.3) is 11.4 Å². The number of benzene rings is 2. The second-order valence-electron chi connectivity index (χ2n) is 6.08. The van der Waals surface area contributed by atoms with Gasteiger partial charge in [-0.05, 0) is 36.4 Å². The van der Waals surface area contributed by atoms with Crippen molar-refractivity contribution >= 4 is 17.5 Å². The third-order valence-corrected chi connectivity index (χ3v) is 4.36. The fourth-order valence-corrected chi connectivity index (χ4v) is 2.83. The number of fused-ring (bicyclic) bond motifs is 1. The molecule has 0 saturated carbocycles. The molecule has 4 rings (SSSR count). The Morgan fingerprint density at radius 1 is 1.19 bits per heavy atom. The molecule has 8 heteroatoms. The Bertz CT molecular complexity index is 958. The lowest BCUT2D eigenvalue weighted by molar-refractivity contribution is -0.140. The molecule has 0 spiro atoms. The standard InChI is InChI=1S/C19H16ClN3O4/c1-23(19(24)16-11-25-14-4-2-3-5-15(14)26-16)10-17-21-18(22-27-17)12-6-8-13(20)9-7-12/h2-9,16H,10-11H2,1H3. The van der Waals surface area contributed by atoms with Gasteiger partial charge in [-0.1, -0.05) is 28.9 Å². The van der Waals surface area contributed by atoms with E-state index in [0.717, 1.165) is 5.56 Å². The second kappa shape index (κ2) is 7.28. The van der Waals surface area contributed by atoms with Crippen molar-refractivity contribution in [3.05, 3.63) is 59.4 Å². The molecular weight excluding hydrogens is 370 g/mol. The van der Waals surface area contributed by atoms with Gasteiger partial charge in [-0.15, -0.1) is 0 Å². The monoisotopic (exact) mass is 385 g/mol. The van der Waals surface area contributed by atoms with E-state index in [9.17, 15) is 4.79 Å². The molecule has 1 aliphatic rings. The van der Waals surface area contributed by atoms with Crippen LogP contribution in [-0.2, 0) is 11.3 Å². The summed E-state index contributed by atoms with van der Waals surface area (Å²) in [6, 6.07) is 14.4. The van der Waals surface area contributed by atoms with Gasteiger partial charge in [0.2, 0.25) is 17.8 Å². The molecule has 2 heterocycles. The average Bonchev–Trinajstić information content (AvgIpc) is 3.16. The van der Waals surface area contributed by atoms with Gasteiger partial charge in [0, 0.05) is 17.6 Å². The first kappa shape index (κ1) is 17.4. The number of hydrogen-bond donors (Lipinski definition) is 0. The number of aromatic nitrogens is 2. The highest BCUT2D eigenvalue weighted by molar-refractivity contribution is 6.30. The van der Waals surface area contributed by atoms with Gasteiger partial charge in [0.25, 0.3) is 5.91 Å². The number of carbonyl (C=O) groups is 1. The largest absolute Gasteiger partial charge is 0.485 e. The predicted octanol–water partition coefficient (Wildman–Crippen LogP) is 3.19. The van der Waals surface area contributed by atoms with E-state index in [4.69, 9.17) is 25.6 Å². The van der Waals surface area contributed by atoms with Crippen molar-refractivity contribution in [2.45, 2.75) is 12.6 Å². The molecule has 0 fully saturated rings. The van der Waals surface area contributed by atoms with E-state index < -0.39 is 6.10 Å². The van der Waals surface area contributed by atoms with E-state index >= 15 is 0 Å². The molecule has 1 aromatic heterocycles. The van der Waals surface area contributed by atoms with Crippen molar-refractivity contribution < 1.29 is 18.8 Å². The summed E-state index contributed by atoms with van der Waals surface area (Å²) in [4.78, 5) is 18.4. The molecule has 1 aliphatic heterocycles. The molecule has 27 heavy (non-hydrogen) atoms. The quantitative estimate of drug-likeness (QED) is 0.686. The maximum absolute atomic E-state index is 12.6. The molecule has 0 bridgehead atoms. The Morgan fingerprint density at radius 3 is 2.70 bits per heavy atom. The molecule has 2 aromatic carbocycles. The Hall–Kier alpha value is -3.06. The SMILES string of the molecule is CN(Cc1nc(-c2ccc(Cl)cc2)no1)C(=O)C1COc2ccccc2O1. The van der Waals surface area contributed by atoms with Crippen LogP contribution < -0.4 is 9.47 Å². The maximum atomic E-state index is 12.6. The van der Waals surface area contributed by atoms with Gasteiger partial charge in [-0.3, -0.25) is 4.79 Å². The van der Waals surface area contributed by atoms with Crippen LogP contribution in [0.1, 0.15) is 5.89 Å². The highest BCUT2D eigenvalue weighted by Crippen LogP contribution is 2.31. The van der Waals surface area contributed by atoms with Crippen molar-refractivity contribution in [2.24, 2.45) is 0 Å². The Balaban J connectivity index is 1.41. The zero-order valence-corrected chi connectivity index (χ0v) is 15.2. The summed E-state index contributed by atoms with van der Waals surface area (Å²) >= 11 is 5.88. The minimum absolute atomic E-state index is 0.153. The number of para-hydroxylation sites is 2. The fraction of sp³-hybridized carbons (Fsp3) is 0.211. The van der Waals surface area contributed by atoms with E-state index in [1.165, 1.54) is 4.90 Å². The van der Waals surface area contributed by atoms with Crippen LogP contribution in [0.15, 0.2) is 53.1 Å². The highest BCUT2D eigenvalue weighted by atomic mass is 35.5. The van der Waals surface area contributed by atoms with Crippen molar-refractivity contribution in [3.63, 3.8) is 0 Å². The van der Waals surface area contributed by atoms with Crippen LogP contribution in [0.4, 0.5) is 0 Å². The smallest absolute Gasteiger partial charge is 0.267 e. The van der Waals surface area contributed by atoms with Crippen LogP contribution in [0.3, 0.4) is 0 Å². The van der Waals surface area contributed by atoms with Crippen LogP contribution in [-0.4, -0.2) is 40.7 Å². The summed E-state index contributed by atoms with van der Waals surface area (Å²) in [7, 11) is 1.65. The number of ether oxygens (including phenoxy) is 2. The first-order valence-electron chi connectivity index (χ1n) is 8.32. The van der Waals surface area contributed by atoms with Crippen molar-refractivity contribution in [2.75, 3.05) is 13.7 Å². The van der Waals surface area contributed by atoms with Gasteiger partial charge in [0.15, 0.2) is 11.5 Å². The molecule has 0 saturated heterocycles. The van der Waals surface area contributed by atoms with Crippen LogP contribution in [0.2, 0.25) is 5.02 Å². The fourth-order valence-electron chi connectivity index (χ4n) is 2.70. The van der Waals surface area contributed by atoms with Gasteiger partial charge in [0.1, 0.15) is 6.61 Å². The number of halogens is 1. The summed E-state index contributed by atoms with van der Waals surface area (Å²) in [5.74, 6) is 1.73. The Morgan fingerprint density at radius 2 is 1.93 bits per heavy atom. The summed E-state index contributed by atoms with van der Waals surface area (Å²) in [6.45, 7) is 0.320. The summed E-state index contributed by atoms with van der Waals surface area (Å²) < 4.78 is 16.6. The van der Waals surface area contributed by atoms with Crippen LogP contribution in [0.5, 0.6) is 11.5 Å². The van der Waals surface area contributed by atoms with Crippen molar-refractivity contribution in [3.8, 4) is 22.9 Å². The third-order valence-electron chi connectivity index (χ3n) is 4.10. The van der Waals surface area contributed by atoms with E-state index in [1.807, 2.05) is 12.1 Å². The molecule has 0 N–H and O–H groups in total. The third kappa shape index (κ3) is 3.73. The molecule has 1 amide bonds. The molecule has 138 valence electrons. The van der Waals surface area contributed by atoms with E-state index in [0.29, 0.717) is 28.2 Å². The van der Waals surface area contributed by atoms with Crippen LogP contribution in [0, 0.1) is 0 Å². The molecule has 0 aliphatic carbocycles. The lowest BCUT2D eigenvalue weighted by Crippen LogP contribution is -2.44. The number of carbonyl (C=O) groups excluding carboxylic acids is 1. The molecule has 1 unspecified atom stereocenters. The van der Waals surface area contributed by atoms with Gasteiger partial charge < -0.3 is 18.9 Å². The minimum atomic E-state index is -0.719. The first-order valence-corrected chi connectivity index (χ1v) is 8.70. The number of likely N-dealkylation sites (N-methyl/N-ethyl adjacent to an activating group) is 1. The second-order valence-corrected chi connectivity index (χ2v) is 6.51. The van der Waals surface area contributed by atoms with Crippen molar-refractivity contribution in [1.29, 1.82) is 0 Å². The number of amides is 1. The van der Waals surface area contributed by atoms with Gasteiger partial charge in [0.05, 0.1) is 6.54 Å². The van der Waals surface area contributed by atoms with Gasteiger partial charge in [-0.2, -0.15) is 4.98 Å². The lowest BCUT2D eigenvalue weighted by atomic mass is 10.2. The number of nitrogens with zero attached hydrogens (tertiary/aromatic N) is 3. The van der Waals surface area contributed by atoms with E-state index in [1.54, 1.807) is 43.4 Å². The maximum Gasteiger partial charge on any atom is 0.267 e. The zero-order valence-electron chi connectivity index (χ0n) is 14.5. The topological polar surface area (TPSA) is 77.7 Å². The molecule has 7 nitrogen and oxygen atoms in total. The minimum Gasteiger partial charge on any atom is -0.485 e. The Kier molecular flexibility index (Phi) is 4.68. The molecule has 0 radical (unpaired) electrons. The molecule has 1 atom stereocenters.